The molecule has 1 fully saturated rings. The molecule has 4 heteroatoms. The highest BCUT2D eigenvalue weighted by molar-refractivity contribution is 5.68. The number of carbonyl (C=O) groups is 1. The van der Waals surface area contributed by atoms with E-state index in [4.69, 9.17) is 10.5 Å². The number of likely N-dealkylation sites (tertiary alicyclic amines) is 1. The third-order valence-electron chi connectivity index (χ3n) is 3.54. The van der Waals surface area contributed by atoms with E-state index in [1.54, 1.807) is 4.90 Å². The quantitative estimate of drug-likeness (QED) is 0.857. The molecule has 0 radical (unpaired) electrons. The van der Waals surface area contributed by atoms with Gasteiger partial charge >= 0.3 is 6.09 Å². The molecule has 2 N–H and O–H groups in total. The maximum Gasteiger partial charge on any atom is 0.411 e. The normalized spacial score (nSPS) is 23.5. The van der Waals surface area contributed by atoms with Crippen LogP contribution in [0.25, 0.3) is 0 Å². The molecule has 110 valence electrons. The van der Waals surface area contributed by atoms with Gasteiger partial charge in [0, 0.05) is 6.54 Å². The summed E-state index contributed by atoms with van der Waals surface area (Å²) in [5, 5.41) is 0. The highest BCUT2D eigenvalue weighted by Gasteiger charge is 2.32. The van der Waals surface area contributed by atoms with E-state index in [1.165, 1.54) is 5.56 Å². The fraction of sp³-hybridized carbons (Fsp3) is 0.562. The monoisotopic (exact) mass is 276 g/mol. The Morgan fingerprint density at radius 1 is 1.30 bits per heavy atom. The predicted molar refractivity (Wildman–Crippen MR) is 79.3 cm³/mol. The summed E-state index contributed by atoms with van der Waals surface area (Å²) < 4.78 is 5.40. The van der Waals surface area contributed by atoms with Crippen LogP contribution >= 0.6 is 0 Å². The number of benzene rings is 1. The first-order valence-electron chi connectivity index (χ1n) is 7.17. The minimum absolute atomic E-state index is 0.274. The van der Waals surface area contributed by atoms with E-state index in [9.17, 15) is 4.79 Å². The van der Waals surface area contributed by atoms with Gasteiger partial charge in [0.1, 0.15) is 5.60 Å². The van der Waals surface area contributed by atoms with Gasteiger partial charge in [0.05, 0.1) is 6.17 Å². The zero-order valence-electron chi connectivity index (χ0n) is 12.5. The van der Waals surface area contributed by atoms with Crippen LogP contribution in [-0.2, 0) is 4.74 Å². The molecule has 20 heavy (non-hydrogen) atoms. The summed E-state index contributed by atoms with van der Waals surface area (Å²) in [5.41, 5.74) is 6.97. The Balaban J connectivity index is 1.98. The number of rotatable bonds is 1. The Kier molecular flexibility index (Phi) is 4.33. The molecule has 1 heterocycles. The molecule has 2 atom stereocenters. The summed E-state index contributed by atoms with van der Waals surface area (Å²) >= 11 is 0. The lowest BCUT2D eigenvalue weighted by atomic mass is 9.88. The summed E-state index contributed by atoms with van der Waals surface area (Å²) in [5.74, 6) is 0.421. The fourth-order valence-corrected chi connectivity index (χ4v) is 2.57. The van der Waals surface area contributed by atoms with Crippen molar-refractivity contribution in [2.24, 2.45) is 5.73 Å². The highest BCUT2D eigenvalue weighted by atomic mass is 16.6. The molecule has 1 aliphatic heterocycles. The number of nitrogens with zero attached hydrogens (tertiary/aromatic N) is 1. The molecule has 2 rings (SSSR count). The zero-order chi connectivity index (χ0) is 14.8. The predicted octanol–water partition coefficient (Wildman–Crippen LogP) is 3.09. The molecule has 0 bridgehead atoms. The van der Waals surface area contributed by atoms with Crippen molar-refractivity contribution in [3.05, 3.63) is 35.9 Å². The van der Waals surface area contributed by atoms with Crippen molar-refractivity contribution in [1.82, 2.24) is 4.90 Å². The van der Waals surface area contributed by atoms with E-state index in [0.717, 1.165) is 12.8 Å². The third kappa shape index (κ3) is 3.73. The summed E-state index contributed by atoms with van der Waals surface area (Å²) in [6.45, 7) is 6.25. The van der Waals surface area contributed by atoms with Gasteiger partial charge in [-0.15, -0.1) is 0 Å². The molecule has 1 amide bonds. The molecule has 0 aromatic heterocycles. The van der Waals surface area contributed by atoms with E-state index in [-0.39, 0.29) is 12.3 Å². The first-order chi connectivity index (χ1) is 9.37. The van der Waals surface area contributed by atoms with E-state index < -0.39 is 5.60 Å². The Hall–Kier alpha value is -1.55. The lowest BCUT2D eigenvalue weighted by Gasteiger charge is -2.38. The maximum absolute atomic E-state index is 12.1. The number of nitrogens with two attached hydrogens (primary N) is 1. The van der Waals surface area contributed by atoms with Crippen LogP contribution in [0, 0.1) is 0 Å². The zero-order valence-corrected chi connectivity index (χ0v) is 12.5. The van der Waals surface area contributed by atoms with Gasteiger partial charge in [-0.2, -0.15) is 0 Å². The largest absolute Gasteiger partial charge is 0.444 e. The van der Waals surface area contributed by atoms with Crippen molar-refractivity contribution in [2.45, 2.75) is 51.3 Å². The van der Waals surface area contributed by atoms with Gasteiger partial charge in [0.25, 0.3) is 0 Å². The van der Waals surface area contributed by atoms with Crippen LogP contribution in [0.3, 0.4) is 0 Å². The standard InChI is InChI=1S/C16H24N2O2/c1-16(2,3)20-15(19)18-10-9-13(11-14(18)17)12-7-5-4-6-8-12/h4-8,13-14H,9-11,17H2,1-3H3. The molecule has 1 saturated heterocycles. The van der Waals surface area contributed by atoms with Crippen LogP contribution in [0.5, 0.6) is 0 Å². The van der Waals surface area contributed by atoms with E-state index >= 15 is 0 Å². The van der Waals surface area contributed by atoms with Crippen LogP contribution in [-0.4, -0.2) is 29.3 Å². The second-order valence-corrected chi connectivity index (χ2v) is 6.37. The van der Waals surface area contributed by atoms with Gasteiger partial charge in [-0.1, -0.05) is 30.3 Å². The van der Waals surface area contributed by atoms with Crippen molar-refractivity contribution in [3.8, 4) is 0 Å². The Morgan fingerprint density at radius 2 is 1.95 bits per heavy atom. The second-order valence-electron chi connectivity index (χ2n) is 6.37. The van der Waals surface area contributed by atoms with Gasteiger partial charge < -0.3 is 10.5 Å². The van der Waals surface area contributed by atoms with Gasteiger partial charge in [-0.3, -0.25) is 4.90 Å². The molecule has 0 saturated carbocycles. The van der Waals surface area contributed by atoms with Crippen molar-refractivity contribution in [3.63, 3.8) is 0 Å². The van der Waals surface area contributed by atoms with Gasteiger partial charge in [0.2, 0.25) is 0 Å². The SMILES string of the molecule is CC(C)(C)OC(=O)N1CCC(c2ccccc2)CC1N. The van der Waals surface area contributed by atoms with Crippen LogP contribution in [0.4, 0.5) is 4.79 Å². The van der Waals surface area contributed by atoms with Crippen LogP contribution in [0.2, 0.25) is 0 Å². The summed E-state index contributed by atoms with van der Waals surface area (Å²) in [4.78, 5) is 13.7. The molecule has 4 nitrogen and oxygen atoms in total. The lowest BCUT2D eigenvalue weighted by molar-refractivity contribution is 0.00888. The number of ether oxygens (including phenoxy) is 1. The Morgan fingerprint density at radius 3 is 2.50 bits per heavy atom. The number of hydrogen-bond donors (Lipinski definition) is 1. The van der Waals surface area contributed by atoms with Crippen LogP contribution in [0.15, 0.2) is 30.3 Å². The number of hydrogen-bond acceptors (Lipinski definition) is 3. The highest BCUT2D eigenvalue weighted by Crippen LogP contribution is 2.30. The van der Waals surface area contributed by atoms with Gasteiger partial charge in [-0.25, -0.2) is 4.79 Å². The first kappa shape index (κ1) is 14.9. The van der Waals surface area contributed by atoms with Gasteiger partial charge in [0.15, 0.2) is 0 Å². The van der Waals surface area contributed by atoms with Crippen LogP contribution < -0.4 is 5.73 Å². The number of carbonyl (C=O) groups excluding carboxylic acids is 1. The summed E-state index contributed by atoms with van der Waals surface area (Å²) in [7, 11) is 0. The second kappa shape index (κ2) is 5.83. The minimum atomic E-state index is -0.479. The third-order valence-corrected chi connectivity index (χ3v) is 3.54. The molecule has 0 spiro atoms. The minimum Gasteiger partial charge on any atom is -0.444 e. The molecule has 0 aliphatic carbocycles. The van der Waals surface area contributed by atoms with E-state index in [1.807, 2.05) is 39.0 Å². The van der Waals surface area contributed by atoms with E-state index in [0.29, 0.717) is 12.5 Å². The molecule has 1 aromatic carbocycles. The summed E-state index contributed by atoms with van der Waals surface area (Å²) in [6.07, 6.45) is 1.13. The number of piperidine rings is 1. The van der Waals surface area contributed by atoms with Gasteiger partial charge in [-0.05, 0) is 45.1 Å². The average Bonchev–Trinajstić information content (AvgIpc) is 2.37. The average molecular weight is 276 g/mol. The maximum atomic E-state index is 12.1. The molecule has 1 aromatic rings. The fourth-order valence-electron chi connectivity index (χ4n) is 2.57. The van der Waals surface area contributed by atoms with Crippen molar-refractivity contribution < 1.29 is 9.53 Å². The lowest BCUT2D eigenvalue weighted by Crippen LogP contribution is -2.51. The molecule has 1 aliphatic rings. The Labute approximate surface area is 120 Å². The Bertz CT molecular complexity index is 453. The number of amides is 1. The molecular formula is C16H24N2O2. The van der Waals surface area contributed by atoms with Crippen LogP contribution in [0.1, 0.15) is 45.1 Å². The smallest absolute Gasteiger partial charge is 0.411 e. The summed E-state index contributed by atoms with van der Waals surface area (Å²) in [6, 6.07) is 10.3. The first-order valence-corrected chi connectivity index (χ1v) is 7.17. The van der Waals surface area contributed by atoms with E-state index in [2.05, 4.69) is 12.1 Å². The van der Waals surface area contributed by atoms with Crippen molar-refractivity contribution >= 4 is 6.09 Å². The molecular weight excluding hydrogens is 252 g/mol. The molecule has 2 unspecified atom stereocenters. The van der Waals surface area contributed by atoms with Crippen molar-refractivity contribution in [2.75, 3.05) is 6.54 Å². The van der Waals surface area contributed by atoms with Crippen molar-refractivity contribution in [1.29, 1.82) is 0 Å². The topological polar surface area (TPSA) is 55.6 Å².